The fourth-order valence-corrected chi connectivity index (χ4v) is 2.15. The number of methoxy groups -OCH3 is 1. The van der Waals surface area contributed by atoms with E-state index in [2.05, 4.69) is 10.1 Å². The molecule has 21 heavy (non-hydrogen) atoms. The maximum atomic E-state index is 12.5. The van der Waals surface area contributed by atoms with E-state index in [9.17, 15) is 9.59 Å². The molecule has 1 unspecified atom stereocenters. The SMILES string of the molecule is CCNC(CC(=O)OC)C(=O)c1ccc2c(c1)OCCO2. The first-order valence-corrected chi connectivity index (χ1v) is 6.89. The standard InChI is InChI=1S/C15H19NO5/c1-3-16-11(9-14(17)19-2)15(18)10-4-5-12-13(8-10)21-7-6-20-12/h4-5,8,11,16H,3,6-7,9H2,1-2H3. The Hall–Kier alpha value is -2.08. The molecule has 1 heterocycles. The van der Waals surface area contributed by atoms with Crippen LogP contribution in [0.4, 0.5) is 0 Å². The lowest BCUT2D eigenvalue weighted by Crippen LogP contribution is -2.38. The number of ketones is 1. The van der Waals surface area contributed by atoms with Gasteiger partial charge in [0.2, 0.25) is 0 Å². The molecule has 0 radical (unpaired) electrons. The smallest absolute Gasteiger partial charge is 0.307 e. The predicted molar refractivity (Wildman–Crippen MR) is 75.9 cm³/mol. The maximum Gasteiger partial charge on any atom is 0.307 e. The summed E-state index contributed by atoms with van der Waals surface area (Å²) >= 11 is 0. The molecule has 0 aromatic heterocycles. The van der Waals surface area contributed by atoms with Crippen LogP contribution in [0.3, 0.4) is 0 Å². The summed E-state index contributed by atoms with van der Waals surface area (Å²) < 4.78 is 15.5. The second-order valence-corrected chi connectivity index (χ2v) is 4.61. The third-order valence-electron chi connectivity index (χ3n) is 3.19. The molecular weight excluding hydrogens is 274 g/mol. The van der Waals surface area contributed by atoms with Crippen LogP contribution in [0.1, 0.15) is 23.7 Å². The monoisotopic (exact) mass is 293 g/mol. The van der Waals surface area contributed by atoms with Crippen LogP contribution in [0, 0.1) is 0 Å². The van der Waals surface area contributed by atoms with Gasteiger partial charge < -0.3 is 19.5 Å². The first kappa shape index (κ1) is 15.3. The molecule has 0 saturated carbocycles. The Kier molecular flexibility index (Phi) is 5.16. The van der Waals surface area contributed by atoms with E-state index < -0.39 is 12.0 Å². The van der Waals surface area contributed by atoms with Gasteiger partial charge in [-0.3, -0.25) is 9.59 Å². The summed E-state index contributed by atoms with van der Waals surface area (Å²) in [4.78, 5) is 23.9. The van der Waals surface area contributed by atoms with Crippen molar-refractivity contribution >= 4 is 11.8 Å². The van der Waals surface area contributed by atoms with Crippen molar-refractivity contribution in [1.82, 2.24) is 5.32 Å². The summed E-state index contributed by atoms with van der Waals surface area (Å²) in [5.41, 5.74) is 0.481. The average molecular weight is 293 g/mol. The fraction of sp³-hybridized carbons (Fsp3) is 0.467. The average Bonchev–Trinajstić information content (AvgIpc) is 2.53. The Bertz CT molecular complexity index is 529. The van der Waals surface area contributed by atoms with Gasteiger partial charge in [-0.2, -0.15) is 0 Å². The summed E-state index contributed by atoms with van der Waals surface area (Å²) in [5, 5.41) is 3.00. The lowest BCUT2D eigenvalue weighted by molar-refractivity contribution is -0.140. The number of fused-ring (bicyclic) bond motifs is 1. The van der Waals surface area contributed by atoms with Gasteiger partial charge in [-0.15, -0.1) is 0 Å². The summed E-state index contributed by atoms with van der Waals surface area (Å²) in [6, 6.07) is 4.43. The van der Waals surface area contributed by atoms with Gasteiger partial charge in [0.1, 0.15) is 13.2 Å². The number of hydrogen-bond acceptors (Lipinski definition) is 6. The molecule has 0 bridgehead atoms. The van der Waals surface area contributed by atoms with Gasteiger partial charge >= 0.3 is 5.97 Å². The van der Waals surface area contributed by atoms with E-state index in [0.717, 1.165) is 0 Å². The quantitative estimate of drug-likeness (QED) is 0.627. The van der Waals surface area contributed by atoms with E-state index in [0.29, 0.717) is 36.8 Å². The Labute approximate surface area is 123 Å². The molecule has 114 valence electrons. The van der Waals surface area contributed by atoms with Crippen molar-refractivity contribution in [2.45, 2.75) is 19.4 Å². The first-order chi connectivity index (χ1) is 10.2. The molecular formula is C15H19NO5. The number of likely N-dealkylation sites (N-methyl/N-ethyl adjacent to an activating group) is 1. The number of benzene rings is 1. The largest absolute Gasteiger partial charge is 0.486 e. The van der Waals surface area contributed by atoms with Crippen molar-refractivity contribution in [2.75, 3.05) is 26.9 Å². The van der Waals surface area contributed by atoms with Crippen LogP contribution in [0.15, 0.2) is 18.2 Å². The normalized spacial score (nSPS) is 14.4. The van der Waals surface area contributed by atoms with Crippen molar-refractivity contribution in [3.63, 3.8) is 0 Å². The zero-order chi connectivity index (χ0) is 15.2. The summed E-state index contributed by atoms with van der Waals surface area (Å²) in [7, 11) is 1.31. The lowest BCUT2D eigenvalue weighted by Gasteiger charge is -2.20. The second-order valence-electron chi connectivity index (χ2n) is 4.61. The van der Waals surface area contributed by atoms with Crippen LogP contribution in [-0.2, 0) is 9.53 Å². The summed E-state index contributed by atoms with van der Waals surface area (Å²) in [6.07, 6.45) is -0.00237. The molecule has 0 saturated heterocycles. The number of nitrogens with one attached hydrogen (secondary N) is 1. The minimum absolute atomic E-state index is 0.00237. The first-order valence-electron chi connectivity index (χ1n) is 6.89. The van der Waals surface area contributed by atoms with Gasteiger partial charge in [0.05, 0.1) is 19.6 Å². The zero-order valence-corrected chi connectivity index (χ0v) is 12.2. The van der Waals surface area contributed by atoms with E-state index >= 15 is 0 Å². The van der Waals surface area contributed by atoms with Crippen LogP contribution in [0.25, 0.3) is 0 Å². The number of esters is 1. The van der Waals surface area contributed by atoms with Crippen molar-refractivity contribution < 1.29 is 23.8 Å². The van der Waals surface area contributed by atoms with Crippen LogP contribution in [0.2, 0.25) is 0 Å². The van der Waals surface area contributed by atoms with Crippen molar-refractivity contribution in [3.8, 4) is 11.5 Å². The molecule has 1 aromatic rings. The number of rotatable bonds is 6. The topological polar surface area (TPSA) is 73.9 Å². The molecule has 6 heteroatoms. The highest BCUT2D eigenvalue weighted by Gasteiger charge is 2.24. The molecule has 0 amide bonds. The van der Waals surface area contributed by atoms with Crippen molar-refractivity contribution in [2.24, 2.45) is 0 Å². The highest BCUT2D eigenvalue weighted by Crippen LogP contribution is 2.31. The van der Waals surface area contributed by atoms with Gasteiger partial charge in [0.25, 0.3) is 0 Å². The minimum atomic E-state index is -0.606. The van der Waals surface area contributed by atoms with E-state index in [1.54, 1.807) is 18.2 Å². The Morgan fingerprint density at radius 1 is 1.29 bits per heavy atom. The number of hydrogen-bond donors (Lipinski definition) is 1. The van der Waals surface area contributed by atoms with Gasteiger partial charge in [-0.25, -0.2) is 0 Å². The zero-order valence-electron chi connectivity index (χ0n) is 12.2. The van der Waals surface area contributed by atoms with Crippen molar-refractivity contribution in [3.05, 3.63) is 23.8 Å². The Balaban J connectivity index is 2.17. The third kappa shape index (κ3) is 3.72. The molecule has 1 aromatic carbocycles. The fourth-order valence-electron chi connectivity index (χ4n) is 2.15. The van der Waals surface area contributed by atoms with Gasteiger partial charge in [-0.1, -0.05) is 6.92 Å². The lowest BCUT2D eigenvalue weighted by atomic mass is 10.0. The second kappa shape index (κ2) is 7.08. The van der Waals surface area contributed by atoms with E-state index in [4.69, 9.17) is 9.47 Å². The highest BCUT2D eigenvalue weighted by atomic mass is 16.6. The Morgan fingerprint density at radius 3 is 2.67 bits per heavy atom. The van der Waals surface area contributed by atoms with E-state index in [-0.39, 0.29) is 12.2 Å². The predicted octanol–water partition coefficient (Wildman–Crippen LogP) is 1.18. The molecule has 1 aliphatic rings. The summed E-state index contributed by atoms with van der Waals surface area (Å²) in [5.74, 6) is 0.595. The van der Waals surface area contributed by atoms with Crippen LogP contribution >= 0.6 is 0 Å². The molecule has 6 nitrogen and oxygen atoms in total. The van der Waals surface area contributed by atoms with E-state index in [1.807, 2.05) is 6.92 Å². The molecule has 0 aliphatic carbocycles. The minimum Gasteiger partial charge on any atom is -0.486 e. The Morgan fingerprint density at radius 2 is 2.00 bits per heavy atom. The van der Waals surface area contributed by atoms with Gasteiger partial charge in [0, 0.05) is 5.56 Å². The van der Waals surface area contributed by atoms with Crippen LogP contribution < -0.4 is 14.8 Å². The van der Waals surface area contributed by atoms with Crippen molar-refractivity contribution in [1.29, 1.82) is 0 Å². The highest BCUT2D eigenvalue weighted by molar-refractivity contribution is 6.02. The molecule has 1 aliphatic heterocycles. The summed E-state index contributed by atoms with van der Waals surface area (Å²) in [6.45, 7) is 3.42. The molecule has 2 rings (SSSR count). The van der Waals surface area contributed by atoms with E-state index in [1.165, 1.54) is 7.11 Å². The maximum absolute atomic E-state index is 12.5. The number of carbonyl (C=O) groups is 2. The third-order valence-corrected chi connectivity index (χ3v) is 3.19. The van der Waals surface area contributed by atoms with Gasteiger partial charge in [0.15, 0.2) is 17.3 Å². The number of carbonyl (C=O) groups excluding carboxylic acids is 2. The molecule has 0 spiro atoms. The number of ether oxygens (including phenoxy) is 3. The molecule has 0 fully saturated rings. The molecule has 1 atom stereocenters. The molecule has 1 N–H and O–H groups in total. The number of Topliss-reactive ketones (excluding diaryl/α,β-unsaturated/α-hetero) is 1. The van der Waals surface area contributed by atoms with Gasteiger partial charge in [-0.05, 0) is 24.7 Å². The van der Waals surface area contributed by atoms with Crippen LogP contribution in [0.5, 0.6) is 11.5 Å². The van der Waals surface area contributed by atoms with Crippen LogP contribution in [-0.4, -0.2) is 44.7 Å².